The van der Waals surface area contributed by atoms with E-state index in [4.69, 9.17) is 0 Å². The largest absolute Gasteiger partial charge is 0.522 e. The molecule has 0 aromatic rings. The van der Waals surface area contributed by atoms with Crippen molar-refractivity contribution in [2.24, 2.45) is 5.92 Å². The first kappa shape index (κ1) is 18.7. The van der Waals surface area contributed by atoms with Gasteiger partial charge in [-0.3, -0.25) is 9.64 Å². The van der Waals surface area contributed by atoms with Crippen LogP contribution in [0.15, 0.2) is 0 Å². The Bertz CT molecular complexity index is 304. The molecule has 1 fully saturated rings. The van der Waals surface area contributed by atoms with Gasteiger partial charge < -0.3 is 5.32 Å². The molecular formula is C15H29F3N2O. The van der Waals surface area contributed by atoms with Gasteiger partial charge in [0.05, 0.1) is 6.61 Å². The van der Waals surface area contributed by atoms with Crippen molar-refractivity contribution in [2.75, 3.05) is 26.2 Å². The molecule has 126 valence electrons. The van der Waals surface area contributed by atoms with Crippen LogP contribution in [0.25, 0.3) is 0 Å². The molecule has 0 saturated carbocycles. The number of rotatable bonds is 7. The smallest absolute Gasteiger partial charge is 0.308 e. The van der Waals surface area contributed by atoms with Gasteiger partial charge in [0.25, 0.3) is 0 Å². The second kappa shape index (κ2) is 7.79. The number of alkyl halides is 3. The predicted molar refractivity (Wildman–Crippen MR) is 78.1 cm³/mol. The molecule has 1 N–H and O–H groups in total. The van der Waals surface area contributed by atoms with Crippen LogP contribution in [-0.4, -0.2) is 49.1 Å². The summed E-state index contributed by atoms with van der Waals surface area (Å²) in [4.78, 5) is 2.18. The molecule has 1 unspecified atom stereocenters. The lowest BCUT2D eigenvalue weighted by Crippen LogP contribution is -2.64. The highest BCUT2D eigenvalue weighted by atomic mass is 19.4. The van der Waals surface area contributed by atoms with Gasteiger partial charge in [-0.2, -0.15) is 0 Å². The van der Waals surface area contributed by atoms with E-state index in [1.54, 1.807) is 0 Å². The van der Waals surface area contributed by atoms with Crippen LogP contribution in [0.2, 0.25) is 0 Å². The summed E-state index contributed by atoms with van der Waals surface area (Å²) in [6.07, 6.45) is -1.58. The van der Waals surface area contributed by atoms with Crippen molar-refractivity contribution in [1.82, 2.24) is 10.2 Å². The molecule has 6 heteroatoms. The van der Waals surface area contributed by atoms with E-state index in [0.717, 1.165) is 32.4 Å². The van der Waals surface area contributed by atoms with Crippen LogP contribution in [-0.2, 0) is 4.74 Å². The molecule has 0 aliphatic carbocycles. The molecule has 1 aliphatic rings. The van der Waals surface area contributed by atoms with Crippen LogP contribution in [0.3, 0.4) is 0 Å². The third-order valence-electron chi connectivity index (χ3n) is 4.48. The number of halogens is 3. The van der Waals surface area contributed by atoms with E-state index in [9.17, 15) is 13.2 Å². The van der Waals surface area contributed by atoms with Gasteiger partial charge in [0, 0.05) is 31.2 Å². The average molecular weight is 310 g/mol. The van der Waals surface area contributed by atoms with Crippen molar-refractivity contribution >= 4 is 0 Å². The van der Waals surface area contributed by atoms with E-state index in [0.29, 0.717) is 12.5 Å². The Kier molecular flexibility index (Phi) is 6.94. The molecule has 3 nitrogen and oxygen atoms in total. The van der Waals surface area contributed by atoms with Crippen molar-refractivity contribution in [1.29, 1.82) is 0 Å². The van der Waals surface area contributed by atoms with Crippen LogP contribution in [0.5, 0.6) is 0 Å². The maximum Gasteiger partial charge on any atom is 0.522 e. The van der Waals surface area contributed by atoms with Crippen LogP contribution in [0.4, 0.5) is 13.2 Å². The van der Waals surface area contributed by atoms with E-state index < -0.39 is 6.36 Å². The lowest BCUT2D eigenvalue weighted by Gasteiger charge is -2.48. The fourth-order valence-corrected chi connectivity index (χ4v) is 3.08. The molecule has 0 spiro atoms. The van der Waals surface area contributed by atoms with Gasteiger partial charge in [-0.1, -0.05) is 27.7 Å². The highest BCUT2D eigenvalue weighted by Gasteiger charge is 2.37. The van der Waals surface area contributed by atoms with Gasteiger partial charge in [0.2, 0.25) is 0 Å². The number of nitrogens with one attached hydrogen (secondary N) is 1. The van der Waals surface area contributed by atoms with Crippen LogP contribution < -0.4 is 5.32 Å². The van der Waals surface area contributed by atoms with Gasteiger partial charge in [-0.05, 0) is 25.2 Å². The quantitative estimate of drug-likeness (QED) is 0.780. The number of ether oxygens (including phenoxy) is 1. The molecule has 1 rings (SSSR count). The predicted octanol–water partition coefficient (Wildman–Crippen LogP) is 3.40. The Morgan fingerprint density at radius 2 is 1.90 bits per heavy atom. The summed E-state index contributed by atoms with van der Waals surface area (Å²) < 4.78 is 40.4. The van der Waals surface area contributed by atoms with E-state index in [1.807, 2.05) is 0 Å². The van der Waals surface area contributed by atoms with E-state index in [-0.39, 0.29) is 18.2 Å². The van der Waals surface area contributed by atoms with Gasteiger partial charge in [0.1, 0.15) is 0 Å². The van der Waals surface area contributed by atoms with Crippen molar-refractivity contribution in [3.05, 3.63) is 0 Å². The van der Waals surface area contributed by atoms with Gasteiger partial charge in [0.15, 0.2) is 0 Å². The average Bonchev–Trinajstić information content (AvgIpc) is 2.39. The van der Waals surface area contributed by atoms with E-state index >= 15 is 0 Å². The minimum atomic E-state index is -4.53. The standard InChI is InChI=1S/C15H29F3N2O/c1-5-14(6-2)11-20(7-8-21-15(16,17)18)13(10-19-14)9-12(3)4/h12-13,19H,5-11H2,1-4H3. The summed E-state index contributed by atoms with van der Waals surface area (Å²) in [5, 5.41) is 3.62. The lowest BCUT2D eigenvalue weighted by atomic mass is 9.87. The molecule has 1 aliphatic heterocycles. The topological polar surface area (TPSA) is 24.5 Å². The van der Waals surface area contributed by atoms with E-state index in [2.05, 4.69) is 42.6 Å². The zero-order valence-corrected chi connectivity index (χ0v) is 13.6. The first-order chi connectivity index (χ1) is 9.71. The summed E-state index contributed by atoms with van der Waals surface area (Å²) in [5.41, 5.74) is 0.0196. The van der Waals surface area contributed by atoms with Crippen LogP contribution in [0.1, 0.15) is 47.0 Å². The molecule has 0 bridgehead atoms. The maximum absolute atomic E-state index is 12.1. The van der Waals surface area contributed by atoms with Crippen LogP contribution >= 0.6 is 0 Å². The zero-order valence-electron chi connectivity index (χ0n) is 13.6. The van der Waals surface area contributed by atoms with Crippen molar-refractivity contribution in [3.8, 4) is 0 Å². The minimum absolute atomic E-state index is 0.0196. The number of piperazine rings is 1. The number of nitrogens with zero attached hydrogens (tertiary/aromatic N) is 1. The first-order valence-corrected chi connectivity index (χ1v) is 7.91. The second-order valence-corrected chi connectivity index (χ2v) is 6.42. The Morgan fingerprint density at radius 3 is 2.38 bits per heavy atom. The van der Waals surface area contributed by atoms with Crippen molar-refractivity contribution in [3.63, 3.8) is 0 Å². The minimum Gasteiger partial charge on any atom is -0.308 e. The summed E-state index contributed by atoms with van der Waals surface area (Å²) >= 11 is 0. The normalized spacial score (nSPS) is 23.7. The van der Waals surface area contributed by atoms with Crippen LogP contribution in [0, 0.1) is 5.92 Å². The monoisotopic (exact) mass is 310 g/mol. The van der Waals surface area contributed by atoms with Crippen molar-refractivity contribution in [2.45, 2.75) is 64.9 Å². The highest BCUT2D eigenvalue weighted by Crippen LogP contribution is 2.25. The van der Waals surface area contributed by atoms with Gasteiger partial charge in [-0.25, -0.2) is 0 Å². The summed E-state index contributed by atoms with van der Waals surface area (Å²) in [6.45, 7) is 10.2. The maximum atomic E-state index is 12.1. The molecular weight excluding hydrogens is 281 g/mol. The summed E-state index contributed by atoms with van der Waals surface area (Å²) in [7, 11) is 0. The Labute approximate surface area is 126 Å². The second-order valence-electron chi connectivity index (χ2n) is 6.42. The zero-order chi connectivity index (χ0) is 16.1. The van der Waals surface area contributed by atoms with Crippen molar-refractivity contribution < 1.29 is 17.9 Å². The fourth-order valence-electron chi connectivity index (χ4n) is 3.08. The van der Waals surface area contributed by atoms with E-state index in [1.165, 1.54) is 0 Å². The SMILES string of the molecule is CCC1(CC)CN(CCOC(F)(F)F)C(CC(C)C)CN1. The highest BCUT2D eigenvalue weighted by molar-refractivity contribution is 4.96. The first-order valence-electron chi connectivity index (χ1n) is 7.91. The van der Waals surface area contributed by atoms with Gasteiger partial charge in [-0.15, -0.1) is 13.2 Å². The number of hydrogen-bond acceptors (Lipinski definition) is 3. The molecule has 0 amide bonds. The Morgan fingerprint density at radius 1 is 1.29 bits per heavy atom. The Hall–Kier alpha value is -0.330. The summed E-state index contributed by atoms with van der Waals surface area (Å²) in [5.74, 6) is 0.526. The molecule has 21 heavy (non-hydrogen) atoms. The number of hydrogen-bond donors (Lipinski definition) is 1. The third kappa shape index (κ3) is 6.12. The summed E-state index contributed by atoms with van der Waals surface area (Å²) in [6, 6.07) is 0.285. The fraction of sp³-hybridized carbons (Fsp3) is 1.00. The lowest BCUT2D eigenvalue weighted by molar-refractivity contribution is -0.325. The molecule has 1 heterocycles. The third-order valence-corrected chi connectivity index (χ3v) is 4.48. The molecule has 1 saturated heterocycles. The molecule has 0 aromatic carbocycles. The molecule has 0 aromatic heterocycles. The Balaban J connectivity index is 2.64. The van der Waals surface area contributed by atoms with Gasteiger partial charge >= 0.3 is 6.36 Å². The molecule has 1 atom stereocenters. The molecule has 0 radical (unpaired) electrons.